The summed E-state index contributed by atoms with van der Waals surface area (Å²) in [4.78, 5) is 5.05. The van der Waals surface area contributed by atoms with E-state index in [1.54, 1.807) is 0 Å². The summed E-state index contributed by atoms with van der Waals surface area (Å²) < 4.78 is 0. The zero-order valence-electron chi connectivity index (χ0n) is 16.1. The molecule has 0 saturated carbocycles. The van der Waals surface area contributed by atoms with E-state index in [9.17, 15) is 0 Å². The van der Waals surface area contributed by atoms with E-state index in [1.165, 1.54) is 39.1 Å². The highest BCUT2D eigenvalue weighted by Gasteiger charge is 2.28. The summed E-state index contributed by atoms with van der Waals surface area (Å²) in [6, 6.07) is 0. The van der Waals surface area contributed by atoms with Gasteiger partial charge in [0.25, 0.3) is 0 Å². The summed E-state index contributed by atoms with van der Waals surface area (Å²) in [5.74, 6) is 0. The number of rotatable bonds is 3. The van der Waals surface area contributed by atoms with E-state index in [4.69, 9.17) is 0 Å². The first-order chi connectivity index (χ1) is 9.18. The van der Waals surface area contributed by atoms with Crippen molar-refractivity contribution < 1.29 is 0 Å². The van der Waals surface area contributed by atoms with Gasteiger partial charge in [0.2, 0.25) is 0 Å². The molecule has 2 heteroatoms. The van der Waals surface area contributed by atoms with Gasteiger partial charge < -0.3 is 9.80 Å². The quantitative estimate of drug-likeness (QED) is 0.739. The molecule has 2 nitrogen and oxygen atoms in total. The molecule has 124 valence electrons. The molecule has 1 aliphatic heterocycles. The van der Waals surface area contributed by atoms with Gasteiger partial charge in [0.05, 0.1) is 0 Å². The molecule has 0 bridgehead atoms. The van der Waals surface area contributed by atoms with Crippen LogP contribution in [0.25, 0.3) is 0 Å². The zero-order chi connectivity index (χ0) is 16.4. The van der Waals surface area contributed by atoms with E-state index in [2.05, 4.69) is 51.5 Å². The van der Waals surface area contributed by atoms with E-state index in [0.29, 0.717) is 10.8 Å². The van der Waals surface area contributed by atoms with Crippen molar-refractivity contribution in [3.05, 3.63) is 0 Å². The van der Waals surface area contributed by atoms with Crippen LogP contribution in [-0.4, -0.2) is 49.6 Å². The van der Waals surface area contributed by atoms with Crippen LogP contribution in [0.15, 0.2) is 0 Å². The van der Waals surface area contributed by atoms with Crippen molar-refractivity contribution in [2.45, 2.75) is 68.7 Å². The third-order valence-corrected chi connectivity index (χ3v) is 3.26. The van der Waals surface area contributed by atoms with E-state index in [-0.39, 0.29) is 0 Å². The topological polar surface area (TPSA) is 6.48 Å². The normalized spacial score (nSPS) is 17.7. The van der Waals surface area contributed by atoms with Gasteiger partial charge in [-0.15, -0.1) is 0 Å². The van der Waals surface area contributed by atoms with Crippen LogP contribution in [0.5, 0.6) is 0 Å². The second kappa shape index (κ2) is 10.6. The van der Waals surface area contributed by atoms with E-state index in [0.717, 1.165) is 0 Å². The van der Waals surface area contributed by atoms with Crippen LogP contribution < -0.4 is 0 Å². The molecule has 1 heterocycles. The third-order valence-electron chi connectivity index (χ3n) is 3.26. The monoisotopic (exact) mass is 286 g/mol. The molecule has 0 aromatic rings. The maximum Gasteiger partial charge on any atom is 0.0110 e. The van der Waals surface area contributed by atoms with Crippen LogP contribution in [0.1, 0.15) is 68.7 Å². The fraction of sp³-hybridized carbons (Fsp3) is 1.00. The van der Waals surface area contributed by atoms with Crippen LogP contribution >= 0.6 is 0 Å². The van der Waals surface area contributed by atoms with Crippen molar-refractivity contribution >= 4 is 0 Å². The zero-order valence-corrected chi connectivity index (χ0v) is 16.1. The van der Waals surface area contributed by atoms with Gasteiger partial charge in [-0.1, -0.05) is 62.3 Å². The highest BCUT2D eigenvalue weighted by Crippen LogP contribution is 2.33. The van der Waals surface area contributed by atoms with Gasteiger partial charge in [0.15, 0.2) is 0 Å². The molecule has 1 rings (SSSR count). The van der Waals surface area contributed by atoms with E-state index >= 15 is 0 Å². The Morgan fingerprint density at radius 2 is 1.15 bits per heavy atom. The minimum absolute atomic E-state index is 0.439. The van der Waals surface area contributed by atoms with Gasteiger partial charge in [-0.2, -0.15) is 0 Å². The fourth-order valence-corrected chi connectivity index (χ4v) is 3.10. The Kier molecular flexibility index (Phi) is 11.8. The molecule has 0 aromatic carbocycles. The summed E-state index contributed by atoms with van der Waals surface area (Å²) in [5, 5.41) is 0. The first-order valence-electron chi connectivity index (χ1n) is 8.59. The predicted molar refractivity (Wildman–Crippen MR) is 94.5 cm³/mol. The number of hydrogen-bond acceptors (Lipinski definition) is 2. The molecular weight excluding hydrogens is 244 g/mol. The lowest BCUT2D eigenvalue weighted by atomic mass is 9.76. The molecule has 0 spiro atoms. The molecule has 0 aliphatic carbocycles. The molecule has 1 aliphatic rings. The maximum absolute atomic E-state index is 2.63. The molecule has 0 radical (unpaired) electrons. The average molecular weight is 287 g/mol. The number of nitrogens with zero attached hydrogens (tertiary/aromatic N) is 2. The number of likely N-dealkylation sites (N-methyl/N-ethyl adjacent to an activating group) is 1. The average Bonchev–Trinajstić information content (AvgIpc) is 2.34. The molecule has 1 fully saturated rings. The standard InChI is InChI=1S/C14H30N2.2C2H6/c1-13(2,3)11-14(4,5)12-16-9-7-15(6)8-10-16;2*1-2/h7-12H2,1-6H3;2*1-2H3. The summed E-state index contributed by atoms with van der Waals surface area (Å²) in [5.41, 5.74) is 0.879. The number of piperazine rings is 1. The smallest absolute Gasteiger partial charge is 0.0110 e. The van der Waals surface area contributed by atoms with Gasteiger partial charge in [-0.05, 0) is 24.3 Å². The van der Waals surface area contributed by atoms with Crippen LogP contribution in [0, 0.1) is 10.8 Å². The van der Waals surface area contributed by atoms with Crippen LogP contribution in [0.3, 0.4) is 0 Å². The third kappa shape index (κ3) is 11.7. The molecule has 0 unspecified atom stereocenters. The predicted octanol–water partition coefficient (Wildman–Crippen LogP) is 4.75. The minimum atomic E-state index is 0.439. The van der Waals surface area contributed by atoms with Crippen molar-refractivity contribution in [3.63, 3.8) is 0 Å². The van der Waals surface area contributed by atoms with Crippen LogP contribution in [-0.2, 0) is 0 Å². The Balaban J connectivity index is 0. The second-order valence-electron chi connectivity index (χ2n) is 7.48. The molecular formula is C18H42N2. The first kappa shape index (κ1) is 22.2. The minimum Gasteiger partial charge on any atom is -0.304 e. The van der Waals surface area contributed by atoms with Gasteiger partial charge >= 0.3 is 0 Å². The molecule has 0 N–H and O–H groups in total. The molecule has 0 aromatic heterocycles. The Bertz CT molecular complexity index is 208. The molecule has 0 atom stereocenters. The summed E-state index contributed by atoms with van der Waals surface area (Å²) in [7, 11) is 2.22. The maximum atomic E-state index is 2.63. The summed E-state index contributed by atoms with van der Waals surface area (Å²) in [6.45, 7) is 26.0. The van der Waals surface area contributed by atoms with E-state index in [1.807, 2.05) is 27.7 Å². The summed E-state index contributed by atoms with van der Waals surface area (Å²) >= 11 is 0. The van der Waals surface area contributed by atoms with Crippen molar-refractivity contribution in [2.75, 3.05) is 39.8 Å². The highest BCUT2D eigenvalue weighted by atomic mass is 15.2. The van der Waals surface area contributed by atoms with E-state index < -0.39 is 0 Å². The molecule has 20 heavy (non-hydrogen) atoms. The highest BCUT2D eigenvalue weighted by molar-refractivity contribution is 4.81. The molecule has 0 amide bonds. The van der Waals surface area contributed by atoms with Crippen LogP contribution in [0.2, 0.25) is 0 Å². The lowest BCUT2D eigenvalue weighted by Crippen LogP contribution is -2.48. The van der Waals surface area contributed by atoms with Gasteiger partial charge in [0.1, 0.15) is 0 Å². The molecule has 1 saturated heterocycles. The van der Waals surface area contributed by atoms with Gasteiger partial charge in [-0.3, -0.25) is 0 Å². The fourth-order valence-electron chi connectivity index (χ4n) is 3.10. The lowest BCUT2D eigenvalue weighted by molar-refractivity contribution is 0.0881. The Morgan fingerprint density at radius 1 is 0.750 bits per heavy atom. The van der Waals surface area contributed by atoms with Crippen molar-refractivity contribution in [1.82, 2.24) is 9.80 Å². The number of hydrogen-bond donors (Lipinski definition) is 0. The SMILES string of the molecule is CC.CC.CN1CCN(CC(C)(C)CC(C)(C)C)CC1. The first-order valence-corrected chi connectivity index (χ1v) is 8.59. The summed E-state index contributed by atoms with van der Waals surface area (Å²) in [6.07, 6.45) is 1.30. The largest absolute Gasteiger partial charge is 0.304 e. The second-order valence-corrected chi connectivity index (χ2v) is 7.48. The Labute approximate surface area is 129 Å². The van der Waals surface area contributed by atoms with Crippen LogP contribution in [0.4, 0.5) is 0 Å². The Morgan fingerprint density at radius 3 is 1.50 bits per heavy atom. The Hall–Kier alpha value is -0.0800. The van der Waals surface area contributed by atoms with Crippen molar-refractivity contribution in [2.24, 2.45) is 10.8 Å². The lowest BCUT2D eigenvalue weighted by Gasteiger charge is -2.40. The van der Waals surface area contributed by atoms with Crippen molar-refractivity contribution in [3.8, 4) is 0 Å². The van der Waals surface area contributed by atoms with Gasteiger partial charge in [0, 0.05) is 32.7 Å². The van der Waals surface area contributed by atoms with Crippen molar-refractivity contribution in [1.29, 1.82) is 0 Å². The van der Waals surface area contributed by atoms with Gasteiger partial charge in [-0.25, -0.2) is 0 Å².